The Labute approximate surface area is 123 Å². The average Bonchev–Trinajstić information content (AvgIpc) is 2.74. The molecule has 1 aliphatic rings. The Morgan fingerprint density at radius 2 is 2.00 bits per heavy atom. The van der Waals surface area contributed by atoms with E-state index in [4.69, 9.17) is 5.11 Å². The third kappa shape index (κ3) is 3.68. The Kier molecular flexibility index (Phi) is 4.73. The van der Waals surface area contributed by atoms with E-state index in [-0.39, 0.29) is 30.6 Å². The van der Waals surface area contributed by atoms with Crippen molar-refractivity contribution in [1.82, 2.24) is 4.90 Å². The maximum atomic E-state index is 12.4. The minimum absolute atomic E-state index is 0.0106. The number of hydrogen-bond acceptors (Lipinski definition) is 3. The molecule has 0 bridgehead atoms. The smallest absolute Gasteiger partial charge is 0.303 e. The largest absolute Gasteiger partial charge is 0.481 e. The average molecular weight is 289 g/mol. The summed E-state index contributed by atoms with van der Waals surface area (Å²) >= 11 is 0. The van der Waals surface area contributed by atoms with E-state index in [0.29, 0.717) is 13.0 Å². The SMILES string of the molecule is CC(CCC(=O)O)CN1C(=O)CC(c2ccccc2)C1=O. The highest BCUT2D eigenvalue weighted by atomic mass is 16.4. The van der Waals surface area contributed by atoms with Crippen molar-refractivity contribution < 1.29 is 19.5 Å². The molecular weight excluding hydrogens is 270 g/mol. The Balaban J connectivity index is 2.00. The van der Waals surface area contributed by atoms with E-state index in [1.165, 1.54) is 4.90 Å². The van der Waals surface area contributed by atoms with E-state index in [1.54, 1.807) is 0 Å². The lowest BCUT2D eigenvalue weighted by molar-refractivity contribution is -0.139. The van der Waals surface area contributed by atoms with E-state index < -0.39 is 11.9 Å². The molecule has 0 saturated carbocycles. The first kappa shape index (κ1) is 15.2. The van der Waals surface area contributed by atoms with Crippen molar-refractivity contribution in [3.63, 3.8) is 0 Å². The molecule has 1 aliphatic heterocycles. The van der Waals surface area contributed by atoms with Crippen molar-refractivity contribution in [3.05, 3.63) is 35.9 Å². The molecule has 0 aromatic heterocycles. The zero-order valence-electron chi connectivity index (χ0n) is 12.0. The fraction of sp³-hybridized carbons (Fsp3) is 0.438. The van der Waals surface area contributed by atoms with Crippen LogP contribution < -0.4 is 0 Å². The van der Waals surface area contributed by atoms with E-state index in [0.717, 1.165) is 5.56 Å². The first-order valence-corrected chi connectivity index (χ1v) is 7.10. The lowest BCUT2D eigenvalue weighted by Crippen LogP contribution is -2.34. The molecule has 2 unspecified atom stereocenters. The quantitative estimate of drug-likeness (QED) is 0.813. The first-order valence-electron chi connectivity index (χ1n) is 7.10. The molecule has 0 aliphatic carbocycles. The van der Waals surface area contributed by atoms with Gasteiger partial charge in [-0.1, -0.05) is 37.3 Å². The number of benzene rings is 1. The van der Waals surface area contributed by atoms with Crippen LogP contribution in [-0.4, -0.2) is 34.3 Å². The maximum Gasteiger partial charge on any atom is 0.303 e. The monoisotopic (exact) mass is 289 g/mol. The number of nitrogens with zero attached hydrogens (tertiary/aromatic N) is 1. The topological polar surface area (TPSA) is 74.7 Å². The van der Waals surface area contributed by atoms with Gasteiger partial charge in [0, 0.05) is 19.4 Å². The first-order chi connectivity index (χ1) is 9.99. The summed E-state index contributed by atoms with van der Waals surface area (Å²) in [5, 5.41) is 8.67. The molecule has 5 heteroatoms. The fourth-order valence-corrected chi connectivity index (χ4v) is 2.59. The van der Waals surface area contributed by atoms with Gasteiger partial charge < -0.3 is 5.11 Å². The second kappa shape index (κ2) is 6.52. The van der Waals surface area contributed by atoms with Gasteiger partial charge in [-0.2, -0.15) is 0 Å². The van der Waals surface area contributed by atoms with Gasteiger partial charge in [-0.05, 0) is 17.9 Å². The van der Waals surface area contributed by atoms with Gasteiger partial charge >= 0.3 is 5.97 Å². The third-order valence-electron chi connectivity index (χ3n) is 3.79. The van der Waals surface area contributed by atoms with Crippen molar-refractivity contribution in [3.8, 4) is 0 Å². The summed E-state index contributed by atoms with van der Waals surface area (Å²) in [4.78, 5) is 36.3. The van der Waals surface area contributed by atoms with Crippen LogP contribution in [0, 0.1) is 5.92 Å². The molecule has 1 fully saturated rings. The Bertz CT molecular complexity index is 540. The Hall–Kier alpha value is -2.17. The number of carbonyl (C=O) groups is 3. The number of hydrogen-bond donors (Lipinski definition) is 1. The number of carbonyl (C=O) groups excluding carboxylic acids is 2. The number of aliphatic carboxylic acids is 1. The van der Waals surface area contributed by atoms with Crippen LogP contribution in [0.25, 0.3) is 0 Å². The van der Waals surface area contributed by atoms with E-state index in [9.17, 15) is 14.4 Å². The summed E-state index contributed by atoms with van der Waals surface area (Å²) in [6, 6.07) is 9.29. The van der Waals surface area contributed by atoms with Gasteiger partial charge in [0.15, 0.2) is 0 Å². The summed E-state index contributed by atoms with van der Waals surface area (Å²) in [6.45, 7) is 2.16. The van der Waals surface area contributed by atoms with Crippen LogP contribution >= 0.6 is 0 Å². The highest BCUT2D eigenvalue weighted by Gasteiger charge is 2.39. The lowest BCUT2D eigenvalue weighted by Gasteiger charge is -2.19. The van der Waals surface area contributed by atoms with Crippen molar-refractivity contribution >= 4 is 17.8 Å². The normalized spacial score (nSPS) is 19.9. The fourth-order valence-electron chi connectivity index (χ4n) is 2.59. The molecule has 112 valence electrons. The molecule has 0 spiro atoms. The second-order valence-corrected chi connectivity index (χ2v) is 5.55. The van der Waals surface area contributed by atoms with Crippen LogP contribution in [0.4, 0.5) is 0 Å². The third-order valence-corrected chi connectivity index (χ3v) is 3.79. The zero-order chi connectivity index (χ0) is 15.4. The van der Waals surface area contributed by atoms with Gasteiger partial charge in [-0.25, -0.2) is 0 Å². The minimum Gasteiger partial charge on any atom is -0.481 e. The standard InChI is InChI=1S/C16H19NO4/c1-11(7-8-15(19)20)10-17-14(18)9-13(16(17)21)12-5-3-2-4-6-12/h2-6,11,13H,7-10H2,1H3,(H,19,20). The highest BCUT2D eigenvalue weighted by molar-refractivity contribution is 6.06. The molecule has 5 nitrogen and oxygen atoms in total. The predicted octanol–water partition coefficient (Wildman–Crippen LogP) is 2.03. The van der Waals surface area contributed by atoms with Crippen molar-refractivity contribution in [2.24, 2.45) is 5.92 Å². The molecule has 2 atom stereocenters. The van der Waals surface area contributed by atoms with Gasteiger partial charge in [-0.3, -0.25) is 19.3 Å². The number of carboxylic acids is 1. The van der Waals surface area contributed by atoms with Gasteiger partial charge in [0.2, 0.25) is 11.8 Å². The van der Waals surface area contributed by atoms with Gasteiger partial charge in [-0.15, -0.1) is 0 Å². The number of imide groups is 1. The minimum atomic E-state index is -0.858. The van der Waals surface area contributed by atoms with E-state index in [2.05, 4.69) is 0 Å². The molecule has 1 saturated heterocycles. The van der Waals surface area contributed by atoms with Crippen LogP contribution in [-0.2, 0) is 14.4 Å². The highest BCUT2D eigenvalue weighted by Crippen LogP contribution is 2.30. The van der Waals surface area contributed by atoms with E-state index >= 15 is 0 Å². The molecule has 21 heavy (non-hydrogen) atoms. The van der Waals surface area contributed by atoms with Crippen LogP contribution in [0.15, 0.2) is 30.3 Å². The molecule has 1 N–H and O–H groups in total. The predicted molar refractivity (Wildman–Crippen MR) is 76.6 cm³/mol. The van der Waals surface area contributed by atoms with Crippen molar-refractivity contribution in [1.29, 1.82) is 0 Å². The molecule has 0 radical (unpaired) electrons. The summed E-state index contributed by atoms with van der Waals surface area (Å²) in [5.74, 6) is -1.61. The van der Waals surface area contributed by atoms with Crippen LogP contribution in [0.2, 0.25) is 0 Å². The van der Waals surface area contributed by atoms with Crippen molar-refractivity contribution in [2.75, 3.05) is 6.54 Å². The van der Waals surface area contributed by atoms with E-state index in [1.807, 2.05) is 37.3 Å². The van der Waals surface area contributed by atoms with Crippen LogP contribution in [0.1, 0.15) is 37.7 Å². The van der Waals surface area contributed by atoms with Gasteiger partial charge in [0.05, 0.1) is 5.92 Å². The summed E-state index contributed by atoms with van der Waals surface area (Å²) in [5.41, 5.74) is 0.858. The van der Waals surface area contributed by atoms with Gasteiger partial charge in [0.1, 0.15) is 0 Å². The maximum absolute atomic E-state index is 12.4. The number of likely N-dealkylation sites (tertiary alicyclic amines) is 1. The van der Waals surface area contributed by atoms with Crippen LogP contribution in [0.3, 0.4) is 0 Å². The number of amides is 2. The number of rotatable bonds is 6. The van der Waals surface area contributed by atoms with Gasteiger partial charge in [0.25, 0.3) is 0 Å². The summed E-state index contributed by atoms with van der Waals surface area (Å²) in [6.07, 6.45) is 0.719. The summed E-state index contributed by atoms with van der Waals surface area (Å²) < 4.78 is 0. The molecule has 1 aromatic carbocycles. The molecule has 2 amide bonds. The zero-order valence-corrected chi connectivity index (χ0v) is 12.0. The summed E-state index contributed by atoms with van der Waals surface area (Å²) in [7, 11) is 0. The second-order valence-electron chi connectivity index (χ2n) is 5.55. The Morgan fingerprint density at radius 1 is 1.33 bits per heavy atom. The molecule has 1 heterocycles. The molecule has 1 aromatic rings. The molecule has 2 rings (SSSR count). The number of carboxylic acid groups (broad SMARTS) is 1. The lowest BCUT2D eigenvalue weighted by atomic mass is 9.98. The van der Waals surface area contributed by atoms with Crippen LogP contribution in [0.5, 0.6) is 0 Å². The molecular formula is C16H19NO4. The Morgan fingerprint density at radius 3 is 2.62 bits per heavy atom. The van der Waals surface area contributed by atoms with Crippen molar-refractivity contribution in [2.45, 2.75) is 32.1 Å².